The lowest BCUT2D eigenvalue weighted by Gasteiger charge is -2.31. The van der Waals surface area contributed by atoms with Crippen LogP contribution in [-0.2, 0) is 21.5 Å². The molecule has 0 radical (unpaired) electrons. The lowest BCUT2D eigenvalue weighted by atomic mass is 9.76. The fourth-order valence-corrected chi connectivity index (χ4v) is 5.41. The number of hydrogen-bond acceptors (Lipinski definition) is 3. The number of esters is 1. The van der Waals surface area contributed by atoms with E-state index in [0.29, 0.717) is 12.0 Å². The molecule has 2 fully saturated rings. The predicted octanol–water partition coefficient (Wildman–Crippen LogP) is 5.20. The molecule has 5 rings (SSSR count). The number of hydrogen-bond donors (Lipinski definition) is 0. The average Bonchev–Trinajstić information content (AvgIpc) is 3.36. The maximum atomic E-state index is 13.8. The van der Waals surface area contributed by atoms with E-state index in [9.17, 15) is 4.79 Å². The molecule has 1 aliphatic heterocycles. The first-order valence-corrected chi connectivity index (χ1v) is 11.3. The van der Waals surface area contributed by atoms with Crippen LogP contribution in [0.3, 0.4) is 0 Å². The van der Waals surface area contributed by atoms with Crippen molar-refractivity contribution >= 4 is 5.97 Å². The molecule has 0 amide bonds. The van der Waals surface area contributed by atoms with Gasteiger partial charge in [-0.25, -0.2) is 0 Å². The standard InChI is InChI=1S/C28H29NO2/c1-28(23-13-7-3-8-14-23,24-15-9-4-10-16-24)27(30)31-26-22-17-18-25(26)29(20-22)19-21-11-5-2-6-12-21/h2-16,22,25-26H,17-20H2,1H3. The Morgan fingerprint density at radius 1 is 0.871 bits per heavy atom. The van der Waals surface area contributed by atoms with Crippen molar-refractivity contribution in [2.75, 3.05) is 6.54 Å². The number of carbonyl (C=O) groups excluding carboxylic acids is 1. The smallest absolute Gasteiger partial charge is 0.321 e. The molecule has 1 saturated heterocycles. The summed E-state index contributed by atoms with van der Waals surface area (Å²) in [5, 5.41) is 0. The molecule has 3 heteroatoms. The van der Waals surface area contributed by atoms with Gasteiger partial charge in [0.05, 0.1) is 0 Å². The summed E-state index contributed by atoms with van der Waals surface area (Å²) in [7, 11) is 0. The summed E-state index contributed by atoms with van der Waals surface area (Å²) in [5.74, 6) is 0.279. The summed E-state index contributed by atoms with van der Waals surface area (Å²) in [6.45, 7) is 3.92. The highest BCUT2D eigenvalue weighted by Crippen LogP contribution is 2.42. The van der Waals surface area contributed by atoms with E-state index in [4.69, 9.17) is 4.74 Å². The van der Waals surface area contributed by atoms with Crippen molar-refractivity contribution in [2.24, 2.45) is 5.92 Å². The third-order valence-electron chi connectivity index (χ3n) is 7.20. The second-order valence-corrected chi connectivity index (χ2v) is 9.05. The molecule has 158 valence electrons. The van der Waals surface area contributed by atoms with E-state index in [0.717, 1.165) is 37.1 Å². The molecule has 0 N–H and O–H groups in total. The summed E-state index contributed by atoms with van der Waals surface area (Å²) in [4.78, 5) is 16.3. The van der Waals surface area contributed by atoms with Gasteiger partial charge in [-0.2, -0.15) is 0 Å². The number of piperidine rings is 1. The number of benzene rings is 3. The Kier molecular flexibility index (Phi) is 5.37. The van der Waals surface area contributed by atoms with Crippen LogP contribution >= 0.6 is 0 Å². The zero-order valence-electron chi connectivity index (χ0n) is 18.0. The molecule has 2 aliphatic rings. The average molecular weight is 412 g/mol. The molecular formula is C28H29NO2. The monoisotopic (exact) mass is 411 g/mol. The summed E-state index contributed by atoms with van der Waals surface area (Å²) >= 11 is 0. The van der Waals surface area contributed by atoms with E-state index in [1.807, 2.05) is 67.6 Å². The fraction of sp³-hybridized carbons (Fsp3) is 0.321. The van der Waals surface area contributed by atoms with Crippen molar-refractivity contribution in [3.63, 3.8) is 0 Å². The van der Waals surface area contributed by atoms with Crippen LogP contribution in [0.15, 0.2) is 91.0 Å². The Bertz CT molecular complexity index is 979. The van der Waals surface area contributed by atoms with Crippen molar-refractivity contribution in [3.8, 4) is 0 Å². The summed E-state index contributed by atoms with van der Waals surface area (Å²) < 4.78 is 6.36. The summed E-state index contributed by atoms with van der Waals surface area (Å²) in [5.41, 5.74) is 2.43. The van der Waals surface area contributed by atoms with Crippen LogP contribution in [0.4, 0.5) is 0 Å². The molecule has 31 heavy (non-hydrogen) atoms. The minimum Gasteiger partial charge on any atom is -0.459 e. The lowest BCUT2D eigenvalue weighted by Crippen LogP contribution is -2.41. The quantitative estimate of drug-likeness (QED) is 0.522. The van der Waals surface area contributed by atoms with Crippen molar-refractivity contribution in [1.82, 2.24) is 4.90 Å². The van der Waals surface area contributed by atoms with Gasteiger partial charge in [0.15, 0.2) is 0 Å². The van der Waals surface area contributed by atoms with Gasteiger partial charge in [-0.15, -0.1) is 0 Å². The van der Waals surface area contributed by atoms with Gasteiger partial charge in [0.25, 0.3) is 0 Å². The Morgan fingerprint density at radius 3 is 2.00 bits per heavy atom. The number of rotatable bonds is 6. The van der Waals surface area contributed by atoms with Gasteiger partial charge in [0, 0.05) is 25.0 Å². The Morgan fingerprint density at radius 2 is 1.42 bits per heavy atom. The van der Waals surface area contributed by atoms with E-state index in [2.05, 4.69) is 35.2 Å². The van der Waals surface area contributed by atoms with Gasteiger partial charge in [-0.1, -0.05) is 91.0 Å². The Hall–Kier alpha value is -2.91. The second-order valence-electron chi connectivity index (χ2n) is 9.05. The topological polar surface area (TPSA) is 29.5 Å². The molecule has 3 atom stereocenters. The zero-order valence-corrected chi connectivity index (χ0v) is 18.0. The first kappa shape index (κ1) is 20.0. The second kappa shape index (κ2) is 8.32. The molecule has 3 aromatic rings. The van der Waals surface area contributed by atoms with E-state index in [-0.39, 0.29) is 12.1 Å². The third-order valence-corrected chi connectivity index (χ3v) is 7.20. The summed E-state index contributed by atoms with van der Waals surface area (Å²) in [6, 6.07) is 30.9. The van der Waals surface area contributed by atoms with E-state index in [1.165, 1.54) is 5.56 Å². The maximum absolute atomic E-state index is 13.8. The molecule has 3 unspecified atom stereocenters. The van der Waals surface area contributed by atoms with Crippen LogP contribution in [0.5, 0.6) is 0 Å². The maximum Gasteiger partial charge on any atom is 0.321 e. The van der Waals surface area contributed by atoms with Crippen LogP contribution in [0.1, 0.15) is 36.5 Å². The highest BCUT2D eigenvalue weighted by molar-refractivity contribution is 5.87. The molecule has 0 spiro atoms. The van der Waals surface area contributed by atoms with Gasteiger partial charge in [0.1, 0.15) is 11.5 Å². The Balaban J connectivity index is 1.39. The van der Waals surface area contributed by atoms with Gasteiger partial charge in [-0.3, -0.25) is 9.69 Å². The van der Waals surface area contributed by atoms with E-state index >= 15 is 0 Å². The van der Waals surface area contributed by atoms with Gasteiger partial charge in [0.2, 0.25) is 0 Å². The number of likely N-dealkylation sites (tertiary alicyclic amines) is 1. The molecular weight excluding hydrogens is 382 g/mol. The molecule has 2 bridgehead atoms. The number of carbonyl (C=O) groups is 1. The van der Waals surface area contributed by atoms with Crippen molar-refractivity contribution in [3.05, 3.63) is 108 Å². The normalized spacial score (nSPS) is 23.1. The molecule has 3 aromatic carbocycles. The third kappa shape index (κ3) is 3.68. The number of nitrogens with zero attached hydrogens (tertiary/aromatic N) is 1. The zero-order chi connectivity index (χ0) is 21.3. The first-order chi connectivity index (χ1) is 15.2. The SMILES string of the molecule is CC(C(=O)OC1C2CCC1N(Cc1ccccc1)C2)(c1ccccc1)c1ccccc1. The van der Waals surface area contributed by atoms with Crippen LogP contribution in [0.2, 0.25) is 0 Å². The molecule has 1 aliphatic carbocycles. The van der Waals surface area contributed by atoms with Crippen LogP contribution in [-0.4, -0.2) is 29.6 Å². The minimum atomic E-state index is -0.825. The van der Waals surface area contributed by atoms with Gasteiger partial charge in [-0.05, 0) is 36.5 Å². The highest BCUT2D eigenvalue weighted by atomic mass is 16.5. The van der Waals surface area contributed by atoms with Crippen LogP contribution < -0.4 is 0 Å². The first-order valence-electron chi connectivity index (χ1n) is 11.3. The molecule has 3 nitrogen and oxygen atoms in total. The lowest BCUT2D eigenvalue weighted by molar-refractivity contribution is -0.155. The predicted molar refractivity (Wildman–Crippen MR) is 123 cm³/mol. The van der Waals surface area contributed by atoms with Crippen molar-refractivity contribution in [1.29, 1.82) is 0 Å². The summed E-state index contributed by atoms with van der Waals surface area (Å²) in [6.07, 6.45) is 2.22. The van der Waals surface area contributed by atoms with Gasteiger partial charge < -0.3 is 4.74 Å². The number of fused-ring (bicyclic) bond motifs is 2. The Labute approximate surface area is 184 Å². The number of ether oxygens (including phenoxy) is 1. The van der Waals surface area contributed by atoms with Crippen LogP contribution in [0, 0.1) is 5.92 Å². The molecule has 1 heterocycles. The largest absolute Gasteiger partial charge is 0.459 e. The molecule has 0 aromatic heterocycles. The van der Waals surface area contributed by atoms with Crippen molar-refractivity contribution < 1.29 is 9.53 Å². The fourth-order valence-electron chi connectivity index (χ4n) is 5.41. The van der Waals surface area contributed by atoms with E-state index < -0.39 is 5.41 Å². The minimum absolute atomic E-state index is 0.0250. The highest BCUT2D eigenvalue weighted by Gasteiger charge is 2.51. The van der Waals surface area contributed by atoms with Crippen molar-refractivity contribution in [2.45, 2.75) is 43.9 Å². The van der Waals surface area contributed by atoms with Crippen LogP contribution in [0.25, 0.3) is 0 Å². The molecule has 1 saturated carbocycles. The van der Waals surface area contributed by atoms with Gasteiger partial charge >= 0.3 is 5.97 Å². The van der Waals surface area contributed by atoms with E-state index in [1.54, 1.807) is 0 Å².